The largest absolute Gasteiger partial charge is 0.353 e. The van der Waals surface area contributed by atoms with E-state index in [-0.39, 0.29) is 11.7 Å². The van der Waals surface area contributed by atoms with E-state index in [1.165, 1.54) is 6.42 Å². The van der Waals surface area contributed by atoms with Crippen LogP contribution in [0.25, 0.3) is 0 Å². The van der Waals surface area contributed by atoms with Gasteiger partial charge in [0.15, 0.2) is 6.29 Å². The summed E-state index contributed by atoms with van der Waals surface area (Å²) in [5.41, 5.74) is 0.0520. The molecule has 0 bridgehead atoms. The third kappa shape index (κ3) is 5.28. The van der Waals surface area contributed by atoms with Gasteiger partial charge >= 0.3 is 0 Å². The Labute approximate surface area is 92.1 Å². The van der Waals surface area contributed by atoms with E-state index in [0.29, 0.717) is 13.0 Å². The summed E-state index contributed by atoms with van der Waals surface area (Å²) in [6, 6.07) is 0. The Bertz CT molecular complexity index is 183. The van der Waals surface area contributed by atoms with Crippen molar-refractivity contribution < 1.29 is 14.3 Å². The zero-order chi connectivity index (χ0) is 11.1. The molecular formula is C12H22O3. The molecule has 0 aromatic rings. The average Bonchev–Trinajstić information content (AvgIpc) is 2.19. The minimum absolute atomic E-state index is 0.00854. The summed E-state index contributed by atoms with van der Waals surface area (Å²) >= 11 is 0. The van der Waals surface area contributed by atoms with Crippen molar-refractivity contribution in [3.63, 3.8) is 0 Å². The number of ether oxygens (including phenoxy) is 2. The molecule has 1 unspecified atom stereocenters. The molecule has 3 heteroatoms. The quantitative estimate of drug-likeness (QED) is 0.637. The smallest absolute Gasteiger partial charge is 0.157 e. The summed E-state index contributed by atoms with van der Waals surface area (Å²) in [4.78, 5) is 10.4. The molecule has 15 heavy (non-hydrogen) atoms. The molecule has 1 aliphatic rings. The second-order valence-corrected chi connectivity index (χ2v) is 4.95. The van der Waals surface area contributed by atoms with E-state index >= 15 is 0 Å². The van der Waals surface area contributed by atoms with Crippen LogP contribution in [0.1, 0.15) is 46.0 Å². The van der Waals surface area contributed by atoms with Gasteiger partial charge < -0.3 is 14.3 Å². The number of hydrogen-bond acceptors (Lipinski definition) is 3. The van der Waals surface area contributed by atoms with Crippen LogP contribution in [0.4, 0.5) is 0 Å². The molecule has 0 spiro atoms. The zero-order valence-electron chi connectivity index (χ0n) is 9.83. The molecule has 0 radical (unpaired) electrons. The van der Waals surface area contributed by atoms with E-state index in [4.69, 9.17) is 9.47 Å². The summed E-state index contributed by atoms with van der Waals surface area (Å²) in [6.45, 7) is 5.69. The lowest BCUT2D eigenvalue weighted by Gasteiger charge is -2.26. The Morgan fingerprint density at radius 2 is 2.27 bits per heavy atom. The lowest BCUT2D eigenvalue weighted by Crippen LogP contribution is -2.24. The van der Waals surface area contributed by atoms with Crippen LogP contribution in [0.2, 0.25) is 0 Å². The SMILES string of the molecule is CC(C)(CC=O)CCOC1CCCCO1. The average molecular weight is 214 g/mol. The number of hydrogen-bond donors (Lipinski definition) is 0. The van der Waals surface area contributed by atoms with Crippen LogP contribution >= 0.6 is 0 Å². The standard InChI is InChI=1S/C12H22O3/c1-12(2,6-8-13)7-10-15-11-5-3-4-9-14-11/h8,11H,3-7,9-10H2,1-2H3. The predicted octanol–water partition coefficient (Wildman–Crippen LogP) is 2.53. The van der Waals surface area contributed by atoms with E-state index < -0.39 is 0 Å². The van der Waals surface area contributed by atoms with Gasteiger partial charge in [-0.15, -0.1) is 0 Å². The highest BCUT2D eigenvalue weighted by atomic mass is 16.7. The predicted molar refractivity (Wildman–Crippen MR) is 58.6 cm³/mol. The van der Waals surface area contributed by atoms with Crippen LogP contribution in [0, 0.1) is 5.41 Å². The Hall–Kier alpha value is -0.410. The molecule has 1 heterocycles. The van der Waals surface area contributed by atoms with Crippen molar-refractivity contribution in [1.29, 1.82) is 0 Å². The first kappa shape index (κ1) is 12.7. The van der Waals surface area contributed by atoms with Crippen molar-refractivity contribution in [2.75, 3.05) is 13.2 Å². The molecule has 1 aliphatic heterocycles. The summed E-state index contributed by atoms with van der Waals surface area (Å²) in [5, 5.41) is 0. The van der Waals surface area contributed by atoms with Crippen LogP contribution in [0.3, 0.4) is 0 Å². The van der Waals surface area contributed by atoms with Gasteiger partial charge in [-0.2, -0.15) is 0 Å². The van der Waals surface area contributed by atoms with Gasteiger partial charge in [0, 0.05) is 13.0 Å². The Kier molecular flexibility index (Phi) is 5.26. The maximum absolute atomic E-state index is 10.4. The third-order valence-corrected chi connectivity index (χ3v) is 2.86. The zero-order valence-corrected chi connectivity index (χ0v) is 9.83. The summed E-state index contributed by atoms with van der Waals surface area (Å²) in [7, 11) is 0. The molecule has 0 aromatic heterocycles. The van der Waals surface area contributed by atoms with Crippen molar-refractivity contribution in [3.8, 4) is 0 Å². The highest BCUT2D eigenvalue weighted by molar-refractivity contribution is 5.50. The first-order valence-corrected chi connectivity index (χ1v) is 5.81. The maximum atomic E-state index is 10.4. The van der Waals surface area contributed by atoms with E-state index in [0.717, 1.165) is 32.2 Å². The van der Waals surface area contributed by atoms with Gasteiger partial charge in [-0.05, 0) is 31.1 Å². The Morgan fingerprint density at radius 3 is 2.87 bits per heavy atom. The van der Waals surface area contributed by atoms with E-state index in [1.807, 2.05) is 0 Å². The number of carbonyl (C=O) groups is 1. The van der Waals surface area contributed by atoms with Gasteiger partial charge in [-0.3, -0.25) is 0 Å². The maximum Gasteiger partial charge on any atom is 0.157 e. The lowest BCUT2D eigenvalue weighted by molar-refractivity contribution is -0.165. The fraction of sp³-hybridized carbons (Fsp3) is 0.917. The molecule has 1 saturated heterocycles. The first-order valence-electron chi connectivity index (χ1n) is 5.81. The number of aldehydes is 1. The normalized spacial score (nSPS) is 22.7. The van der Waals surface area contributed by atoms with Crippen LogP contribution < -0.4 is 0 Å². The minimum Gasteiger partial charge on any atom is -0.353 e. The fourth-order valence-electron chi connectivity index (χ4n) is 1.64. The van der Waals surface area contributed by atoms with E-state index in [2.05, 4.69) is 13.8 Å². The van der Waals surface area contributed by atoms with E-state index in [9.17, 15) is 4.79 Å². The Morgan fingerprint density at radius 1 is 1.47 bits per heavy atom. The monoisotopic (exact) mass is 214 g/mol. The van der Waals surface area contributed by atoms with Crippen LogP contribution in [-0.4, -0.2) is 25.8 Å². The van der Waals surface area contributed by atoms with Gasteiger partial charge in [-0.25, -0.2) is 0 Å². The summed E-state index contributed by atoms with van der Waals surface area (Å²) in [6.07, 6.45) is 5.84. The van der Waals surface area contributed by atoms with Crippen molar-refractivity contribution >= 4 is 6.29 Å². The molecular weight excluding hydrogens is 192 g/mol. The number of carbonyl (C=O) groups excluding carboxylic acids is 1. The molecule has 0 aliphatic carbocycles. The highest BCUT2D eigenvalue weighted by Gasteiger charge is 2.19. The van der Waals surface area contributed by atoms with Gasteiger partial charge in [-0.1, -0.05) is 13.8 Å². The fourth-order valence-corrected chi connectivity index (χ4v) is 1.64. The van der Waals surface area contributed by atoms with Crippen LogP contribution in [0.15, 0.2) is 0 Å². The molecule has 0 saturated carbocycles. The Balaban J connectivity index is 2.11. The lowest BCUT2D eigenvalue weighted by atomic mass is 9.87. The van der Waals surface area contributed by atoms with Gasteiger partial charge in [0.1, 0.15) is 6.29 Å². The molecule has 1 atom stereocenters. The topological polar surface area (TPSA) is 35.5 Å². The molecule has 1 fully saturated rings. The molecule has 88 valence electrons. The van der Waals surface area contributed by atoms with Crippen LogP contribution in [0.5, 0.6) is 0 Å². The van der Waals surface area contributed by atoms with Crippen molar-refractivity contribution in [3.05, 3.63) is 0 Å². The van der Waals surface area contributed by atoms with Crippen molar-refractivity contribution in [2.45, 2.75) is 52.2 Å². The molecule has 0 aromatic carbocycles. The van der Waals surface area contributed by atoms with Gasteiger partial charge in [0.2, 0.25) is 0 Å². The third-order valence-electron chi connectivity index (χ3n) is 2.86. The number of rotatable bonds is 6. The van der Waals surface area contributed by atoms with Crippen molar-refractivity contribution in [1.82, 2.24) is 0 Å². The minimum atomic E-state index is -0.00854. The summed E-state index contributed by atoms with van der Waals surface area (Å²) < 4.78 is 11.1. The first-order chi connectivity index (χ1) is 7.14. The van der Waals surface area contributed by atoms with E-state index in [1.54, 1.807) is 0 Å². The van der Waals surface area contributed by atoms with Gasteiger partial charge in [0.05, 0.1) is 6.61 Å². The molecule has 1 rings (SSSR count). The molecule has 3 nitrogen and oxygen atoms in total. The van der Waals surface area contributed by atoms with Crippen molar-refractivity contribution in [2.24, 2.45) is 5.41 Å². The van der Waals surface area contributed by atoms with Crippen LogP contribution in [-0.2, 0) is 14.3 Å². The highest BCUT2D eigenvalue weighted by Crippen LogP contribution is 2.24. The summed E-state index contributed by atoms with van der Waals surface area (Å²) in [5.74, 6) is 0. The molecule has 0 amide bonds. The van der Waals surface area contributed by atoms with Gasteiger partial charge in [0.25, 0.3) is 0 Å². The second kappa shape index (κ2) is 6.23. The molecule has 0 N–H and O–H groups in total. The second-order valence-electron chi connectivity index (χ2n) is 4.95.